The van der Waals surface area contributed by atoms with Crippen molar-refractivity contribution in [2.75, 3.05) is 11.9 Å². The van der Waals surface area contributed by atoms with Crippen LogP contribution in [0.1, 0.15) is 58.5 Å². The maximum absolute atomic E-state index is 11.9. The first-order valence-corrected chi connectivity index (χ1v) is 11.3. The molecule has 4 unspecified atom stereocenters. The summed E-state index contributed by atoms with van der Waals surface area (Å²) in [5, 5.41) is 12.9. The molecule has 1 aliphatic heterocycles. The summed E-state index contributed by atoms with van der Waals surface area (Å²) in [6, 6.07) is 2.17. The first-order chi connectivity index (χ1) is 16.8. The van der Waals surface area contributed by atoms with Crippen LogP contribution in [0.4, 0.5) is 5.82 Å². The van der Waals surface area contributed by atoms with Crippen LogP contribution in [0.15, 0.2) is 6.33 Å². The number of anilines is 1. The Bertz CT molecular complexity index is 1170. The van der Waals surface area contributed by atoms with E-state index in [1.165, 1.54) is 31.7 Å². The van der Waals surface area contributed by atoms with Crippen molar-refractivity contribution in [2.45, 2.75) is 77.0 Å². The van der Waals surface area contributed by atoms with Crippen LogP contribution in [0.5, 0.6) is 0 Å². The fourth-order valence-corrected chi connectivity index (χ4v) is 4.43. The van der Waals surface area contributed by atoms with Crippen molar-refractivity contribution in [3.05, 3.63) is 12.2 Å². The molecule has 2 fully saturated rings. The van der Waals surface area contributed by atoms with E-state index in [1.807, 2.05) is 6.07 Å². The number of nitrogens with one attached hydrogen (secondary N) is 1. The standard InChI is InChI=1S/C22H26N6O7/c1-11(29)32-9-15-18(33-12(2)30)19(34-13(3)31)22(35-15)28-10-24-17-20(25-14-6-4-5-7-14)26-16(8-23)27-21(17)28/h10,14-15,18-19,22H,4-7,9H2,1-3H3,(H,25,26,27). The quantitative estimate of drug-likeness (QED) is 0.441. The molecule has 35 heavy (non-hydrogen) atoms. The molecule has 0 amide bonds. The summed E-state index contributed by atoms with van der Waals surface area (Å²) in [6.07, 6.45) is 1.48. The summed E-state index contributed by atoms with van der Waals surface area (Å²) in [4.78, 5) is 48.1. The van der Waals surface area contributed by atoms with Crippen LogP contribution in [0.25, 0.3) is 11.2 Å². The smallest absolute Gasteiger partial charge is 0.303 e. The van der Waals surface area contributed by atoms with Crippen LogP contribution in [-0.2, 0) is 33.3 Å². The zero-order valence-electron chi connectivity index (χ0n) is 19.6. The SMILES string of the molecule is CC(=O)OCC1OC(n2cnc3c(NC4CCCC4)nc(C#N)nc32)C(OC(C)=O)C1OC(C)=O. The average Bonchev–Trinajstić information content (AvgIpc) is 3.52. The lowest BCUT2D eigenvalue weighted by atomic mass is 10.1. The van der Waals surface area contributed by atoms with Gasteiger partial charge in [-0.05, 0) is 12.8 Å². The number of imidazole rings is 1. The highest BCUT2D eigenvalue weighted by Gasteiger charge is 2.51. The van der Waals surface area contributed by atoms with Gasteiger partial charge in [0.05, 0.1) is 6.33 Å². The van der Waals surface area contributed by atoms with Crippen LogP contribution in [0.3, 0.4) is 0 Å². The monoisotopic (exact) mass is 486 g/mol. The predicted molar refractivity (Wildman–Crippen MR) is 118 cm³/mol. The molecule has 4 atom stereocenters. The molecular weight excluding hydrogens is 460 g/mol. The number of nitriles is 1. The van der Waals surface area contributed by atoms with Crippen molar-refractivity contribution in [1.82, 2.24) is 19.5 Å². The van der Waals surface area contributed by atoms with Crippen LogP contribution in [0, 0.1) is 11.3 Å². The third kappa shape index (κ3) is 5.32. The molecule has 0 aromatic carbocycles. The molecule has 1 saturated carbocycles. The first kappa shape index (κ1) is 24.3. The molecule has 186 valence electrons. The van der Waals surface area contributed by atoms with Gasteiger partial charge in [0.1, 0.15) is 18.8 Å². The molecule has 4 rings (SSSR count). The van der Waals surface area contributed by atoms with Crippen molar-refractivity contribution in [2.24, 2.45) is 0 Å². The van der Waals surface area contributed by atoms with E-state index < -0.39 is 42.4 Å². The van der Waals surface area contributed by atoms with E-state index in [2.05, 4.69) is 20.3 Å². The Kier molecular flexibility index (Phi) is 7.11. The first-order valence-electron chi connectivity index (χ1n) is 11.3. The second kappa shape index (κ2) is 10.2. The van der Waals surface area contributed by atoms with Gasteiger partial charge in [0.25, 0.3) is 0 Å². The van der Waals surface area contributed by atoms with Crippen molar-refractivity contribution in [3.8, 4) is 6.07 Å². The summed E-state index contributed by atoms with van der Waals surface area (Å²) < 4.78 is 23.5. The van der Waals surface area contributed by atoms with Gasteiger partial charge in [0.2, 0.25) is 5.82 Å². The van der Waals surface area contributed by atoms with E-state index in [4.69, 9.17) is 18.9 Å². The summed E-state index contributed by atoms with van der Waals surface area (Å²) in [7, 11) is 0. The Labute approximate surface area is 200 Å². The lowest BCUT2D eigenvalue weighted by Crippen LogP contribution is -2.40. The number of fused-ring (bicyclic) bond motifs is 1. The summed E-state index contributed by atoms with van der Waals surface area (Å²) in [6.45, 7) is 3.43. The molecule has 1 aliphatic carbocycles. The van der Waals surface area contributed by atoms with Crippen LogP contribution in [0.2, 0.25) is 0 Å². The van der Waals surface area contributed by atoms with Gasteiger partial charge in [-0.25, -0.2) is 4.98 Å². The maximum Gasteiger partial charge on any atom is 0.303 e. The van der Waals surface area contributed by atoms with E-state index in [1.54, 1.807) is 0 Å². The van der Waals surface area contributed by atoms with E-state index in [0.717, 1.165) is 25.7 Å². The minimum absolute atomic E-state index is 0.0743. The summed E-state index contributed by atoms with van der Waals surface area (Å²) in [5.74, 6) is -1.46. The highest BCUT2D eigenvalue weighted by Crippen LogP contribution is 2.37. The molecule has 0 spiro atoms. The molecule has 2 aliphatic rings. The van der Waals surface area contributed by atoms with Gasteiger partial charge in [-0.3, -0.25) is 19.0 Å². The molecule has 2 aromatic rings. The average molecular weight is 486 g/mol. The molecule has 0 radical (unpaired) electrons. The Hall–Kier alpha value is -3.79. The summed E-state index contributed by atoms with van der Waals surface area (Å²) >= 11 is 0. The predicted octanol–water partition coefficient (Wildman–Crippen LogP) is 1.38. The summed E-state index contributed by atoms with van der Waals surface area (Å²) in [5.41, 5.74) is 0.683. The maximum atomic E-state index is 11.9. The van der Waals surface area contributed by atoms with Crippen molar-refractivity contribution < 1.29 is 33.3 Å². The number of carbonyl (C=O) groups excluding carboxylic acids is 3. The van der Waals surface area contributed by atoms with Gasteiger partial charge < -0.3 is 24.3 Å². The van der Waals surface area contributed by atoms with Crippen LogP contribution < -0.4 is 5.32 Å². The molecule has 3 heterocycles. The highest BCUT2D eigenvalue weighted by atomic mass is 16.7. The number of hydrogen-bond donors (Lipinski definition) is 1. The van der Waals surface area contributed by atoms with Gasteiger partial charge in [0.15, 0.2) is 35.4 Å². The Balaban J connectivity index is 1.75. The van der Waals surface area contributed by atoms with Gasteiger partial charge in [0, 0.05) is 26.8 Å². The van der Waals surface area contributed by atoms with Gasteiger partial charge in [-0.15, -0.1) is 0 Å². The number of nitrogens with zero attached hydrogens (tertiary/aromatic N) is 5. The number of esters is 3. The molecule has 2 aromatic heterocycles. The van der Waals surface area contributed by atoms with Gasteiger partial charge >= 0.3 is 17.9 Å². The van der Waals surface area contributed by atoms with E-state index in [0.29, 0.717) is 11.3 Å². The largest absolute Gasteiger partial charge is 0.463 e. The van der Waals surface area contributed by atoms with Crippen LogP contribution >= 0.6 is 0 Å². The van der Waals surface area contributed by atoms with Crippen molar-refractivity contribution in [1.29, 1.82) is 5.26 Å². The lowest BCUT2D eigenvalue weighted by molar-refractivity contribution is -0.166. The van der Waals surface area contributed by atoms with E-state index in [9.17, 15) is 19.6 Å². The number of rotatable bonds is 7. The number of ether oxygens (including phenoxy) is 4. The zero-order valence-corrected chi connectivity index (χ0v) is 19.6. The second-order valence-electron chi connectivity index (χ2n) is 8.47. The third-order valence-electron chi connectivity index (χ3n) is 5.83. The number of aromatic nitrogens is 4. The number of hydrogen-bond acceptors (Lipinski definition) is 12. The van der Waals surface area contributed by atoms with Gasteiger partial charge in [-0.2, -0.15) is 15.2 Å². The molecule has 1 saturated heterocycles. The molecule has 13 heteroatoms. The Morgan fingerprint density at radius 3 is 2.43 bits per heavy atom. The zero-order chi connectivity index (χ0) is 25.1. The Morgan fingerprint density at radius 1 is 1.11 bits per heavy atom. The fraction of sp³-hybridized carbons (Fsp3) is 0.591. The van der Waals surface area contributed by atoms with Crippen LogP contribution in [-0.4, -0.2) is 68.4 Å². The normalized spacial score (nSPS) is 24.2. The van der Waals surface area contributed by atoms with Crippen molar-refractivity contribution in [3.63, 3.8) is 0 Å². The van der Waals surface area contributed by atoms with E-state index >= 15 is 0 Å². The highest BCUT2D eigenvalue weighted by molar-refractivity contribution is 5.83. The molecule has 0 bridgehead atoms. The minimum atomic E-state index is -1.10. The van der Waals surface area contributed by atoms with Crippen molar-refractivity contribution >= 4 is 34.9 Å². The van der Waals surface area contributed by atoms with Gasteiger partial charge in [-0.1, -0.05) is 12.8 Å². The number of carbonyl (C=O) groups is 3. The molecule has 1 N–H and O–H groups in total. The fourth-order valence-electron chi connectivity index (χ4n) is 4.43. The molecule has 13 nitrogen and oxygen atoms in total. The second-order valence-corrected chi connectivity index (χ2v) is 8.47. The molecular formula is C22H26N6O7. The Morgan fingerprint density at radius 2 is 1.80 bits per heavy atom. The lowest BCUT2D eigenvalue weighted by Gasteiger charge is -2.23. The van der Waals surface area contributed by atoms with E-state index in [-0.39, 0.29) is 24.1 Å². The topological polar surface area (TPSA) is 168 Å². The third-order valence-corrected chi connectivity index (χ3v) is 5.83. The minimum Gasteiger partial charge on any atom is -0.463 e.